The molecule has 6 bridgehead atoms. The van der Waals surface area contributed by atoms with Crippen LogP contribution < -0.4 is 0 Å². The molecule has 0 aromatic rings. The van der Waals surface area contributed by atoms with Crippen LogP contribution in [0.3, 0.4) is 0 Å². The topological polar surface area (TPSA) is 54.5 Å². The van der Waals surface area contributed by atoms with Crippen molar-refractivity contribution in [3.63, 3.8) is 0 Å². The van der Waals surface area contributed by atoms with Crippen LogP contribution in [0, 0.1) is 23.2 Å². The van der Waals surface area contributed by atoms with Crippen LogP contribution in [0.5, 0.6) is 0 Å². The van der Waals surface area contributed by atoms with Crippen molar-refractivity contribution in [3.8, 4) is 0 Å². The van der Waals surface area contributed by atoms with Gasteiger partial charge in [0.05, 0.1) is 10.7 Å². The number of sulfone groups is 1. The highest BCUT2D eigenvalue weighted by atomic mass is 32.2. The molecule has 2 unspecified atom stereocenters. The van der Waals surface area contributed by atoms with Crippen LogP contribution in [0.4, 0.5) is 0 Å². The van der Waals surface area contributed by atoms with Crippen LogP contribution in [-0.4, -0.2) is 42.8 Å². The van der Waals surface area contributed by atoms with Crippen molar-refractivity contribution in [2.45, 2.75) is 81.5 Å². The zero-order valence-electron chi connectivity index (χ0n) is 14.6. The van der Waals surface area contributed by atoms with Gasteiger partial charge in [-0.3, -0.25) is 4.79 Å². The number of carbonyl (C=O) groups excluding carboxylic acids is 1. The molecule has 2 heterocycles. The number of carbonyl (C=O) groups is 1. The predicted octanol–water partition coefficient (Wildman–Crippen LogP) is 2.77. The average molecular weight is 352 g/mol. The van der Waals surface area contributed by atoms with Gasteiger partial charge in [0.2, 0.25) is 5.91 Å². The summed E-state index contributed by atoms with van der Waals surface area (Å²) in [5, 5.41) is -0.226. The standard InChI is InChI=1S/C19H29NO3S/c1-24(22,23)17-7-15-2-3-16(8-17)20(15)18(21)19-9-12-4-13(10-19)6-14(5-12)11-19/h12-17H,2-11H2,1H3. The Balaban J connectivity index is 1.41. The van der Waals surface area contributed by atoms with Gasteiger partial charge in [-0.2, -0.15) is 0 Å². The Morgan fingerprint density at radius 3 is 1.75 bits per heavy atom. The molecule has 0 radical (unpaired) electrons. The molecule has 1 amide bonds. The average Bonchev–Trinajstić information content (AvgIpc) is 2.73. The predicted molar refractivity (Wildman–Crippen MR) is 92.1 cm³/mol. The van der Waals surface area contributed by atoms with Gasteiger partial charge in [0.1, 0.15) is 9.84 Å². The highest BCUT2D eigenvalue weighted by Gasteiger charge is 2.58. The molecule has 24 heavy (non-hydrogen) atoms. The molecule has 4 aliphatic carbocycles. The van der Waals surface area contributed by atoms with Crippen molar-refractivity contribution < 1.29 is 13.2 Å². The molecule has 2 saturated heterocycles. The number of rotatable bonds is 2. The second kappa shape index (κ2) is 4.99. The molecular formula is C19H29NO3S. The normalized spacial score (nSPS) is 49.6. The summed E-state index contributed by atoms with van der Waals surface area (Å²) in [7, 11) is -2.98. The number of piperidine rings is 1. The second-order valence-corrected chi connectivity index (χ2v) is 12.0. The Morgan fingerprint density at radius 1 is 0.875 bits per heavy atom. The summed E-state index contributed by atoms with van der Waals surface area (Å²) >= 11 is 0. The highest BCUT2D eigenvalue weighted by molar-refractivity contribution is 7.91. The lowest BCUT2D eigenvalue weighted by atomic mass is 9.49. The van der Waals surface area contributed by atoms with Crippen molar-refractivity contribution in [1.82, 2.24) is 4.90 Å². The molecule has 134 valence electrons. The van der Waals surface area contributed by atoms with E-state index >= 15 is 0 Å². The first-order chi connectivity index (χ1) is 11.3. The van der Waals surface area contributed by atoms with Gasteiger partial charge in [0.15, 0.2) is 0 Å². The van der Waals surface area contributed by atoms with Crippen molar-refractivity contribution in [3.05, 3.63) is 0 Å². The monoisotopic (exact) mass is 351 g/mol. The van der Waals surface area contributed by atoms with Gasteiger partial charge in [-0.15, -0.1) is 0 Å². The molecule has 5 heteroatoms. The van der Waals surface area contributed by atoms with Gasteiger partial charge in [0.25, 0.3) is 0 Å². The Bertz CT molecular complexity index is 621. The van der Waals surface area contributed by atoms with Crippen LogP contribution in [0.2, 0.25) is 0 Å². The Kier molecular flexibility index (Phi) is 3.25. The van der Waals surface area contributed by atoms with Crippen molar-refractivity contribution in [2.24, 2.45) is 23.2 Å². The van der Waals surface area contributed by atoms with E-state index in [4.69, 9.17) is 0 Å². The molecule has 2 aliphatic heterocycles. The summed E-state index contributed by atoms with van der Waals surface area (Å²) in [5.41, 5.74) is -0.0759. The molecule has 0 N–H and O–H groups in total. The van der Waals surface area contributed by atoms with E-state index < -0.39 is 9.84 Å². The van der Waals surface area contributed by atoms with Gasteiger partial charge in [-0.1, -0.05) is 0 Å². The Labute approximate surface area is 145 Å². The fourth-order valence-electron chi connectivity index (χ4n) is 7.45. The molecular weight excluding hydrogens is 322 g/mol. The van der Waals surface area contributed by atoms with Crippen LogP contribution in [-0.2, 0) is 14.6 Å². The second-order valence-electron chi connectivity index (χ2n) is 9.72. The van der Waals surface area contributed by atoms with E-state index in [0.29, 0.717) is 18.7 Å². The molecule has 0 spiro atoms. The Morgan fingerprint density at radius 2 is 1.33 bits per heavy atom. The van der Waals surface area contributed by atoms with Gasteiger partial charge in [-0.25, -0.2) is 8.42 Å². The number of nitrogens with zero attached hydrogens (tertiary/aromatic N) is 1. The van der Waals surface area contributed by atoms with E-state index in [0.717, 1.165) is 49.9 Å². The fraction of sp³-hybridized carbons (Fsp3) is 0.947. The smallest absolute Gasteiger partial charge is 0.229 e. The summed E-state index contributed by atoms with van der Waals surface area (Å²) in [5.74, 6) is 2.77. The summed E-state index contributed by atoms with van der Waals surface area (Å²) in [6.45, 7) is 0. The van der Waals surface area contributed by atoms with Crippen molar-refractivity contribution in [2.75, 3.05) is 6.26 Å². The van der Waals surface area contributed by atoms with Crippen LogP contribution >= 0.6 is 0 Å². The quantitative estimate of drug-likeness (QED) is 0.769. The number of amides is 1. The third-order valence-electron chi connectivity index (χ3n) is 8.02. The van der Waals surface area contributed by atoms with Crippen molar-refractivity contribution in [1.29, 1.82) is 0 Å². The van der Waals surface area contributed by atoms with Gasteiger partial charge >= 0.3 is 0 Å². The first-order valence-corrected chi connectivity index (χ1v) is 11.8. The minimum atomic E-state index is -2.98. The molecule has 4 nitrogen and oxygen atoms in total. The third kappa shape index (κ3) is 2.22. The minimum absolute atomic E-state index is 0.0759. The summed E-state index contributed by atoms with van der Waals surface area (Å²) in [6.07, 6.45) is 12.1. The maximum atomic E-state index is 13.6. The number of hydrogen-bond acceptors (Lipinski definition) is 3. The maximum Gasteiger partial charge on any atom is 0.229 e. The molecule has 6 aliphatic rings. The fourth-order valence-corrected chi connectivity index (χ4v) is 8.60. The van der Waals surface area contributed by atoms with E-state index in [2.05, 4.69) is 4.90 Å². The molecule has 0 aromatic carbocycles. The van der Waals surface area contributed by atoms with Crippen LogP contribution in [0.25, 0.3) is 0 Å². The van der Waals surface area contributed by atoms with Crippen molar-refractivity contribution >= 4 is 15.7 Å². The SMILES string of the molecule is CS(=O)(=O)C1CC2CCC(C1)N2C(=O)C12CC3CC(CC(C3)C1)C2. The number of fused-ring (bicyclic) bond motifs is 2. The molecule has 4 saturated carbocycles. The van der Waals surface area contributed by atoms with E-state index in [9.17, 15) is 13.2 Å². The van der Waals surface area contributed by atoms with E-state index in [-0.39, 0.29) is 22.7 Å². The third-order valence-corrected chi connectivity index (χ3v) is 9.62. The van der Waals surface area contributed by atoms with Gasteiger partial charge in [0, 0.05) is 18.3 Å². The molecule has 0 aromatic heterocycles. The first kappa shape index (κ1) is 15.7. The lowest BCUT2D eigenvalue weighted by Crippen LogP contribution is -2.59. The van der Waals surface area contributed by atoms with Crippen LogP contribution in [0.15, 0.2) is 0 Å². The largest absolute Gasteiger partial charge is 0.336 e. The molecule has 6 fully saturated rings. The van der Waals surface area contributed by atoms with Gasteiger partial charge in [-0.05, 0) is 82.0 Å². The Hall–Kier alpha value is -0.580. The summed E-state index contributed by atoms with van der Waals surface area (Å²) in [4.78, 5) is 15.8. The van der Waals surface area contributed by atoms with Gasteiger partial charge < -0.3 is 4.90 Å². The molecule has 6 rings (SSSR count). The zero-order valence-corrected chi connectivity index (χ0v) is 15.4. The summed E-state index contributed by atoms with van der Waals surface area (Å²) < 4.78 is 24.0. The van der Waals surface area contributed by atoms with Crippen LogP contribution in [0.1, 0.15) is 64.2 Å². The lowest BCUT2D eigenvalue weighted by molar-refractivity contribution is -0.162. The maximum absolute atomic E-state index is 13.6. The minimum Gasteiger partial charge on any atom is -0.336 e. The first-order valence-electron chi connectivity index (χ1n) is 9.86. The van der Waals surface area contributed by atoms with E-state index in [1.165, 1.54) is 25.5 Å². The van der Waals surface area contributed by atoms with E-state index in [1.807, 2.05) is 0 Å². The highest BCUT2D eigenvalue weighted by Crippen LogP contribution is 2.61. The zero-order chi connectivity index (χ0) is 16.7. The lowest BCUT2D eigenvalue weighted by Gasteiger charge is -2.57. The summed E-state index contributed by atoms with van der Waals surface area (Å²) in [6, 6.07) is 0.368. The number of hydrogen-bond donors (Lipinski definition) is 0. The van der Waals surface area contributed by atoms with E-state index in [1.54, 1.807) is 0 Å². The molecule has 2 atom stereocenters.